The van der Waals surface area contributed by atoms with E-state index in [0.29, 0.717) is 31.0 Å². The molecule has 35 heavy (non-hydrogen) atoms. The molecule has 2 aromatic carbocycles. The van der Waals surface area contributed by atoms with Crippen LogP contribution in [0.2, 0.25) is 5.02 Å². The SMILES string of the molecule is O=C(NCCn1ccnc1)OC[C@H]1CCC[C@@H](Cc2ccccc2)N1S(=O)(=O)c1ccc(Cl)cc1. The number of rotatable bonds is 9. The van der Waals surface area contributed by atoms with Crippen molar-refractivity contribution in [1.29, 1.82) is 0 Å². The summed E-state index contributed by atoms with van der Waals surface area (Å²) < 4.78 is 36.4. The lowest BCUT2D eigenvalue weighted by molar-refractivity contribution is 0.0853. The van der Waals surface area contributed by atoms with Crippen molar-refractivity contribution in [2.75, 3.05) is 13.2 Å². The van der Waals surface area contributed by atoms with Crippen molar-refractivity contribution in [2.24, 2.45) is 0 Å². The molecule has 1 N–H and O–H groups in total. The van der Waals surface area contributed by atoms with Gasteiger partial charge >= 0.3 is 6.09 Å². The van der Waals surface area contributed by atoms with Gasteiger partial charge in [-0.3, -0.25) is 0 Å². The molecule has 3 aromatic rings. The van der Waals surface area contributed by atoms with E-state index in [0.717, 1.165) is 18.4 Å². The van der Waals surface area contributed by atoms with E-state index in [1.165, 1.54) is 12.1 Å². The van der Waals surface area contributed by atoms with Crippen LogP contribution in [0.15, 0.2) is 78.2 Å². The van der Waals surface area contributed by atoms with Gasteiger partial charge in [0.15, 0.2) is 0 Å². The molecule has 186 valence electrons. The first-order valence-electron chi connectivity index (χ1n) is 11.6. The van der Waals surface area contributed by atoms with Gasteiger partial charge in [0.05, 0.1) is 17.3 Å². The predicted molar refractivity (Wildman–Crippen MR) is 134 cm³/mol. The van der Waals surface area contributed by atoms with Crippen LogP contribution in [0, 0.1) is 0 Å². The topological polar surface area (TPSA) is 93.5 Å². The maximum absolute atomic E-state index is 13.8. The van der Waals surface area contributed by atoms with Crippen LogP contribution in [0.1, 0.15) is 24.8 Å². The number of carbonyl (C=O) groups is 1. The number of alkyl carbamates (subject to hydrolysis) is 1. The van der Waals surface area contributed by atoms with Gasteiger partial charge < -0.3 is 14.6 Å². The van der Waals surface area contributed by atoms with Crippen LogP contribution >= 0.6 is 11.6 Å². The van der Waals surface area contributed by atoms with E-state index < -0.39 is 22.2 Å². The molecule has 1 fully saturated rings. The van der Waals surface area contributed by atoms with E-state index in [1.54, 1.807) is 35.2 Å². The Bertz CT molecular complexity index is 1190. The summed E-state index contributed by atoms with van der Waals surface area (Å²) in [6, 6.07) is 15.3. The van der Waals surface area contributed by atoms with Crippen molar-refractivity contribution in [3.05, 3.63) is 83.9 Å². The zero-order chi connectivity index (χ0) is 24.7. The molecule has 8 nitrogen and oxygen atoms in total. The fourth-order valence-electron chi connectivity index (χ4n) is 4.43. The molecule has 10 heteroatoms. The Labute approximate surface area is 210 Å². The molecule has 4 rings (SSSR count). The van der Waals surface area contributed by atoms with Crippen LogP contribution in [-0.4, -0.2) is 53.6 Å². The van der Waals surface area contributed by atoms with Gasteiger partial charge in [-0.05, 0) is 49.1 Å². The Balaban J connectivity index is 1.48. The number of carbonyl (C=O) groups excluding carboxylic acids is 1. The highest BCUT2D eigenvalue weighted by molar-refractivity contribution is 7.89. The number of aromatic nitrogens is 2. The molecule has 0 unspecified atom stereocenters. The van der Waals surface area contributed by atoms with Gasteiger partial charge in [-0.25, -0.2) is 18.2 Å². The number of nitrogens with zero attached hydrogens (tertiary/aromatic N) is 3. The van der Waals surface area contributed by atoms with Gasteiger partial charge in [0.2, 0.25) is 10.0 Å². The lowest BCUT2D eigenvalue weighted by Crippen LogP contribution is -2.53. The van der Waals surface area contributed by atoms with Crippen LogP contribution in [0.4, 0.5) is 4.79 Å². The minimum atomic E-state index is -3.84. The molecule has 1 aromatic heterocycles. The number of halogens is 1. The summed E-state index contributed by atoms with van der Waals surface area (Å²) >= 11 is 5.99. The number of nitrogens with one attached hydrogen (secondary N) is 1. The minimum absolute atomic E-state index is 0.0188. The first-order chi connectivity index (χ1) is 16.9. The second-order valence-corrected chi connectivity index (χ2v) is 10.8. The van der Waals surface area contributed by atoms with Crippen LogP contribution in [-0.2, 0) is 27.7 Å². The summed E-state index contributed by atoms with van der Waals surface area (Å²) in [4.78, 5) is 16.5. The van der Waals surface area contributed by atoms with Gasteiger partial charge in [0, 0.05) is 36.5 Å². The van der Waals surface area contributed by atoms with E-state index in [4.69, 9.17) is 16.3 Å². The van der Waals surface area contributed by atoms with E-state index in [9.17, 15) is 13.2 Å². The average molecular weight is 517 g/mol. The second-order valence-electron chi connectivity index (χ2n) is 8.54. The highest BCUT2D eigenvalue weighted by atomic mass is 35.5. The monoisotopic (exact) mass is 516 g/mol. The maximum atomic E-state index is 13.8. The summed E-state index contributed by atoms with van der Waals surface area (Å²) in [6.45, 7) is 0.924. The zero-order valence-electron chi connectivity index (χ0n) is 19.3. The Morgan fingerprint density at radius 1 is 1.09 bits per heavy atom. The van der Waals surface area contributed by atoms with E-state index >= 15 is 0 Å². The lowest BCUT2D eigenvalue weighted by atomic mass is 9.94. The normalized spacial score (nSPS) is 18.8. The molecule has 0 spiro atoms. The molecule has 2 heterocycles. The molecule has 1 amide bonds. The number of hydrogen-bond donors (Lipinski definition) is 1. The highest BCUT2D eigenvalue weighted by Crippen LogP contribution is 2.32. The summed E-state index contributed by atoms with van der Waals surface area (Å²) in [7, 11) is -3.84. The molecular formula is C25H29ClN4O4S. The quantitative estimate of drug-likeness (QED) is 0.462. The fraction of sp³-hybridized carbons (Fsp3) is 0.360. The molecule has 0 radical (unpaired) electrons. The van der Waals surface area contributed by atoms with Crippen LogP contribution < -0.4 is 5.32 Å². The van der Waals surface area contributed by atoms with Crippen LogP contribution in [0.5, 0.6) is 0 Å². The molecule has 0 saturated carbocycles. The third-order valence-electron chi connectivity index (χ3n) is 6.10. The summed E-state index contributed by atoms with van der Waals surface area (Å²) in [5.41, 5.74) is 1.06. The van der Waals surface area contributed by atoms with Crippen LogP contribution in [0.3, 0.4) is 0 Å². The Morgan fingerprint density at radius 2 is 1.83 bits per heavy atom. The summed E-state index contributed by atoms with van der Waals surface area (Å²) in [5.74, 6) is 0. The molecule has 1 aliphatic heterocycles. The second kappa shape index (κ2) is 11.7. The highest BCUT2D eigenvalue weighted by Gasteiger charge is 2.40. The number of imidazole rings is 1. The molecule has 1 saturated heterocycles. The molecule has 1 aliphatic rings. The van der Waals surface area contributed by atoms with Gasteiger partial charge in [-0.1, -0.05) is 48.4 Å². The third kappa shape index (κ3) is 6.62. The van der Waals surface area contributed by atoms with Crippen molar-refractivity contribution >= 4 is 27.7 Å². The first kappa shape index (κ1) is 25.2. The largest absolute Gasteiger partial charge is 0.448 e. The number of amides is 1. The number of ether oxygens (including phenoxy) is 1. The Morgan fingerprint density at radius 3 is 2.54 bits per heavy atom. The van der Waals surface area contributed by atoms with Crippen molar-refractivity contribution in [3.8, 4) is 0 Å². The Hall–Kier alpha value is -2.88. The van der Waals surface area contributed by atoms with Crippen molar-refractivity contribution in [2.45, 2.75) is 49.2 Å². The fourth-order valence-corrected chi connectivity index (χ4v) is 6.41. The number of piperidine rings is 1. The van der Waals surface area contributed by atoms with E-state index in [1.807, 2.05) is 34.9 Å². The number of hydrogen-bond acceptors (Lipinski definition) is 5. The lowest BCUT2D eigenvalue weighted by Gasteiger charge is -2.40. The Kier molecular flexibility index (Phi) is 8.43. The maximum Gasteiger partial charge on any atom is 0.407 e. The first-order valence-corrected chi connectivity index (χ1v) is 13.4. The van der Waals surface area contributed by atoms with E-state index in [-0.39, 0.29) is 17.5 Å². The van der Waals surface area contributed by atoms with Gasteiger partial charge in [-0.2, -0.15) is 4.31 Å². The van der Waals surface area contributed by atoms with Gasteiger partial charge in [-0.15, -0.1) is 0 Å². The molecule has 0 bridgehead atoms. The molecule has 0 aliphatic carbocycles. The van der Waals surface area contributed by atoms with Gasteiger partial charge in [0.1, 0.15) is 6.61 Å². The predicted octanol–water partition coefficient (Wildman–Crippen LogP) is 4.12. The molecule has 2 atom stereocenters. The molecular weight excluding hydrogens is 488 g/mol. The van der Waals surface area contributed by atoms with Crippen molar-refractivity contribution < 1.29 is 17.9 Å². The van der Waals surface area contributed by atoms with E-state index in [2.05, 4.69) is 10.3 Å². The minimum Gasteiger partial charge on any atom is -0.448 e. The number of sulfonamides is 1. The van der Waals surface area contributed by atoms with Crippen molar-refractivity contribution in [3.63, 3.8) is 0 Å². The smallest absolute Gasteiger partial charge is 0.407 e. The van der Waals surface area contributed by atoms with Crippen molar-refractivity contribution in [1.82, 2.24) is 19.2 Å². The van der Waals surface area contributed by atoms with Gasteiger partial charge in [0.25, 0.3) is 0 Å². The average Bonchev–Trinajstić information content (AvgIpc) is 3.37. The zero-order valence-corrected chi connectivity index (χ0v) is 20.9. The third-order valence-corrected chi connectivity index (χ3v) is 8.37. The standard InChI is InChI=1S/C25H29ClN4O4S/c26-21-9-11-24(12-10-21)35(32,33)30-22(17-20-5-2-1-3-6-20)7-4-8-23(30)18-34-25(31)28-14-16-29-15-13-27-19-29/h1-3,5-6,9-13,15,19,22-23H,4,7-8,14,16-18H2,(H,28,31)/t22-,23+/m0/s1. The number of benzene rings is 2. The van der Waals surface area contributed by atoms with Crippen LogP contribution in [0.25, 0.3) is 0 Å². The summed E-state index contributed by atoms with van der Waals surface area (Å²) in [5, 5.41) is 3.18. The summed E-state index contributed by atoms with van der Waals surface area (Å²) in [6.07, 6.45) is 7.35.